The van der Waals surface area contributed by atoms with Crippen molar-refractivity contribution in [2.75, 3.05) is 20.6 Å². The van der Waals surface area contributed by atoms with E-state index in [0.717, 1.165) is 36.6 Å². The van der Waals surface area contributed by atoms with Crippen LogP contribution in [0.1, 0.15) is 30.0 Å². The summed E-state index contributed by atoms with van der Waals surface area (Å²) in [6.07, 6.45) is 2.84. The van der Waals surface area contributed by atoms with Gasteiger partial charge in [0, 0.05) is 45.0 Å². The lowest BCUT2D eigenvalue weighted by molar-refractivity contribution is 0.238. The van der Waals surface area contributed by atoms with E-state index in [0.29, 0.717) is 19.1 Å². The van der Waals surface area contributed by atoms with Crippen LogP contribution >= 0.6 is 0 Å². The molecule has 0 saturated heterocycles. The largest absolute Gasteiger partial charge is 0.356 e. The summed E-state index contributed by atoms with van der Waals surface area (Å²) in [5, 5.41) is 6.79. The van der Waals surface area contributed by atoms with E-state index < -0.39 is 0 Å². The second kappa shape index (κ2) is 12.6. The van der Waals surface area contributed by atoms with Gasteiger partial charge in [-0.25, -0.2) is 0 Å². The molecule has 0 aliphatic carbocycles. The molecule has 2 N–H and O–H groups in total. The highest BCUT2D eigenvalue weighted by atomic mass is 16.1. The van der Waals surface area contributed by atoms with Crippen molar-refractivity contribution in [2.24, 2.45) is 4.99 Å². The third-order valence-electron chi connectivity index (χ3n) is 5.84. The smallest absolute Gasteiger partial charge is 0.250 e. The number of nitrogens with zero attached hydrogens (tertiary/aromatic N) is 3. The molecule has 0 radical (unpaired) electrons. The maximum Gasteiger partial charge on any atom is 0.250 e. The molecule has 0 bridgehead atoms. The molecule has 0 aliphatic heterocycles. The summed E-state index contributed by atoms with van der Waals surface area (Å²) in [6.45, 7) is 5.32. The van der Waals surface area contributed by atoms with Crippen LogP contribution in [0.25, 0.3) is 0 Å². The van der Waals surface area contributed by atoms with Gasteiger partial charge in [-0.05, 0) is 43.1 Å². The molecule has 0 fully saturated rings. The number of aliphatic imine (C=N–C) groups is 1. The first kappa shape index (κ1) is 24.3. The molecule has 6 heteroatoms. The monoisotopic (exact) mass is 445 g/mol. The van der Waals surface area contributed by atoms with Gasteiger partial charge < -0.3 is 15.2 Å². The van der Waals surface area contributed by atoms with Crippen molar-refractivity contribution in [3.8, 4) is 0 Å². The molecule has 1 aromatic heterocycles. The fourth-order valence-corrected chi connectivity index (χ4v) is 3.60. The number of hydrogen-bond donors (Lipinski definition) is 2. The van der Waals surface area contributed by atoms with E-state index in [9.17, 15) is 4.79 Å². The zero-order valence-electron chi connectivity index (χ0n) is 19.9. The molecule has 3 aromatic rings. The lowest BCUT2D eigenvalue weighted by Crippen LogP contribution is -2.39. The Balaban J connectivity index is 1.40. The van der Waals surface area contributed by atoms with Crippen LogP contribution in [0.5, 0.6) is 0 Å². The molecule has 33 heavy (non-hydrogen) atoms. The van der Waals surface area contributed by atoms with Crippen molar-refractivity contribution in [3.63, 3.8) is 0 Å². The maximum absolute atomic E-state index is 11.9. The molecule has 0 saturated carbocycles. The van der Waals surface area contributed by atoms with Crippen molar-refractivity contribution >= 4 is 5.96 Å². The summed E-state index contributed by atoms with van der Waals surface area (Å²) in [5.41, 5.74) is 3.61. The van der Waals surface area contributed by atoms with E-state index in [-0.39, 0.29) is 5.56 Å². The highest BCUT2D eigenvalue weighted by molar-refractivity contribution is 5.79. The Kier molecular flexibility index (Phi) is 9.27. The minimum absolute atomic E-state index is 0.0127. The molecule has 3 rings (SSSR count). The van der Waals surface area contributed by atoms with Crippen molar-refractivity contribution in [2.45, 2.75) is 39.0 Å². The summed E-state index contributed by atoms with van der Waals surface area (Å²) in [6, 6.07) is 24.5. The molecule has 1 heterocycles. The third-order valence-corrected chi connectivity index (χ3v) is 5.84. The van der Waals surface area contributed by atoms with Gasteiger partial charge in [-0.2, -0.15) is 0 Å². The molecular formula is C27H35N5O. The van der Waals surface area contributed by atoms with Crippen LogP contribution in [0.4, 0.5) is 0 Å². The van der Waals surface area contributed by atoms with E-state index in [2.05, 4.69) is 89.1 Å². The first-order valence-electron chi connectivity index (χ1n) is 11.5. The number of aromatic nitrogens is 1. The van der Waals surface area contributed by atoms with Gasteiger partial charge in [0.05, 0.1) is 6.54 Å². The average Bonchev–Trinajstić information content (AvgIpc) is 2.84. The molecule has 2 aromatic carbocycles. The van der Waals surface area contributed by atoms with E-state index >= 15 is 0 Å². The quantitative estimate of drug-likeness (QED) is 0.371. The number of nitrogens with one attached hydrogen (secondary N) is 2. The van der Waals surface area contributed by atoms with E-state index in [1.807, 2.05) is 12.3 Å². The maximum atomic E-state index is 11.9. The minimum Gasteiger partial charge on any atom is -0.356 e. The van der Waals surface area contributed by atoms with Crippen LogP contribution in [0.15, 0.2) is 88.8 Å². The van der Waals surface area contributed by atoms with Crippen LogP contribution in [-0.4, -0.2) is 42.1 Å². The third kappa shape index (κ3) is 7.91. The Hall–Kier alpha value is -3.38. The molecule has 0 aliphatic rings. The van der Waals surface area contributed by atoms with Gasteiger partial charge in [0.2, 0.25) is 0 Å². The summed E-state index contributed by atoms with van der Waals surface area (Å²) < 4.78 is 1.71. The number of hydrogen-bond acceptors (Lipinski definition) is 3. The minimum atomic E-state index is 0.0127. The average molecular weight is 446 g/mol. The predicted octanol–water partition coefficient (Wildman–Crippen LogP) is 3.47. The molecule has 0 spiro atoms. The van der Waals surface area contributed by atoms with Gasteiger partial charge in [0.25, 0.3) is 5.56 Å². The van der Waals surface area contributed by atoms with Gasteiger partial charge >= 0.3 is 0 Å². The Morgan fingerprint density at radius 1 is 0.939 bits per heavy atom. The fourth-order valence-electron chi connectivity index (χ4n) is 3.60. The van der Waals surface area contributed by atoms with E-state index in [1.165, 1.54) is 5.56 Å². The first-order chi connectivity index (χ1) is 16.0. The second-order valence-electron chi connectivity index (χ2n) is 8.37. The Bertz CT molecular complexity index is 1060. The molecular weight excluding hydrogens is 410 g/mol. The summed E-state index contributed by atoms with van der Waals surface area (Å²) >= 11 is 0. The topological polar surface area (TPSA) is 61.7 Å². The Morgan fingerprint density at radius 2 is 1.64 bits per heavy atom. The van der Waals surface area contributed by atoms with Crippen LogP contribution < -0.4 is 16.2 Å². The zero-order chi connectivity index (χ0) is 23.5. The van der Waals surface area contributed by atoms with Gasteiger partial charge in [0.1, 0.15) is 0 Å². The van der Waals surface area contributed by atoms with Crippen molar-refractivity contribution in [1.29, 1.82) is 0 Å². The SMILES string of the molecule is CN=C(NCCC(C)N(C)Cc1ccccc1)NCc1ccc(Cn2ccccc2=O)cc1. The normalized spacial score (nSPS) is 12.5. The van der Waals surface area contributed by atoms with Crippen LogP contribution in [0.3, 0.4) is 0 Å². The summed E-state index contributed by atoms with van der Waals surface area (Å²) in [7, 11) is 3.96. The highest BCUT2D eigenvalue weighted by Crippen LogP contribution is 2.08. The fraction of sp³-hybridized carbons (Fsp3) is 0.333. The van der Waals surface area contributed by atoms with Gasteiger partial charge in [-0.1, -0.05) is 60.7 Å². The van der Waals surface area contributed by atoms with E-state index in [1.54, 1.807) is 23.7 Å². The number of rotatable bonds is 10. The van der Waals surface area contributed by atoms with Gasteiger partial charge in [-0.15, -0.1) is 0 Å². The van der Waals surface area contributed by atoms with Gasteiger partial charge in [0.15, 0.2) is 5.96 Å². The number of guanidine groups is 1. The molecule has 1 unspecified atom stereocenters. The zero-order valence-corrected chi connectivity index (χ0v) is 19.9. The Morgan fingerprint density at radius 3 is 2.33 bits per heavy atom. The number of pyridine rings is 1. The molecule has 0 amide bonds. The molecule has 174 valence electrons. The highest BCUT2D eigenvalue weighted by Gasteiger charge is 2.10. The predicted molar refractivity (Wildman–Crippen MR) is 136 cm³/mol. The van der Waals surface area contributed by atoms with Crippen molar-refractivity contribution in [1.82, 2.24) is 20.1 Å². The lowest BCUT2D eigenvalue weighted by atomic mass is 10.1. The summed E-state index contributed by atoms with van der Waals surface area (Å²) in [4.78, 5) is 18.6. The standard InChI is InChI=1S/C27H35N5O/c1-22(31(3)20-24-9-5-4-6-10-24)16-17-29-27(28-2)30-19-23-12-14-25(15-13-23)21-32-18-8-7-11-26(32)33/h4-15,18,22H,16-17,19-21H2,1-3H3,(H2,28,29,30). The lowest BCUT2D eigenvalue weighted by Gasteiger charge is -2.25. The second-order valence-corrected chi connectivity index (χ2v) is 8.37. The summed E-state index contributed by atoms with van der Waals surface area (Å²) in [5.74, 6) is 0.799. The van der Waals surface area contributed by atoms with E-state index in [4.69, 9.17) is 0 Å². The first-order valence-corrected chi connectivity index (χ1v) is 11.5. The number of benzene rings is 2. The van der Waals surface area contributed by atoms with Crippen LogP contribution in [0.2, 0.25) is 0 Å². The van der Waals surface area contributed by atoms with Gasteiger partial charge in [-0.3, -0.25) is 14.7 Å². The Labute approximate surface area is 197 Å². The van der Waals surface area contributed by atoms with Crippen molar-refractivity contribution in [3.05, 3.63) is 106 Å². The van der Waals surface area contributed by atoms with Crippen molar-refractivity contribution < 1.29 is 0 Å². The van der Waals surface area contributed by atoms with Crippen LogP contribution in [-0.2, 0) is 19.6 Å². The van der Waals surface area contributed by atoms with Crippen LogP contribution in [0, 0.1) is 0 Å². The molecule has 6 nitrogen and oxygen atoms in total. The molecule has 1 atom stereocenters.